The van der Waals surface area contributed by atoms with Crippen LogP contribution >= 0.6 is 24.8 Å². The van der Waals surface area contributed by atoms with Gasteiger partial charge in [0, 0.05) is 12.7 Å². The van der Waals surface area contributed by atoms with Gasteiger partial charge in [0.15, 0.2) is 0 Å². The van der Waals surface area contributed by atoms with Crippen LogP contribution in [0.25, 0.3) is 0 Å². The Morgan fingerprint density at radius 2 is 2.36 bits per heavy atom. The van der Waals surface area contributed by atoms with Crippen molar-refractivity contribution < 1.29 is 9.90 Å². The molecular formula is C7H11Cl2N3O2. The summed E-state index contributed by atoms with van der Waals surface area (Å²) in [7, 11) is 0. The highest BCUT2D eigenvalue weighted by Crippen LogP contribution is 2.15. The Balaban J connectivity index is 0.000000845. The van der Waals surface area contributed by atoms with Gasteiger partial charge in [-0.1, -0.05) is 0 Å². The lowest BCUT2D eigenvalue weighted by Crippen LogP contribution is -2.37. The smallest absolute Gasteiger partial charge is 0.326 e. The molecule has 1 aromatic rings. The molecule has 2 N–H and O–H groups in total. The highest BCUT2D eigenvalue weighted by Gasteiger charge is 2.25. The van der Waals surface area contributed by atoms with Gasteiger partial charge in [-0.15, -0.1) is 24.8 Å². The SMILES string of the molecule is Cl.Cl.O=C(O)C1NCCn2nccc21. The summed E-state index contributed by atoms with van der Waals surface area (Å²) < 4.78 is 1.72. The van der Waals surface area contributed by atoms with Crippen LogP contribution in [0.3, 0.4) is 0 Å². The molecule has 1 atom stereocenters. The summed E-state index contributed by atoms with van der Waals surface area (Å²) in [5.41, 5.74) is 0.730. The third-order valence-corrected chi connectivity index (χ3v) is 1.96. The van der Waals surface area contributed by atoms with Gasteiger partial charge in [-0.2, -0.15) is 5.10 Å². The molecule has 1 aliphatic heterocycles. The Kier molecular flexibility index (Phi) is 4.90. The van der Waals surface area contributed by atoms with E-state index in [2.05, 4.69) is 10.4 Å². The summed E-state index contributed by atoms with van der Waals surface area (Å²) >= 11 is 0. The van der Waals surface area contributed by atoms with Crippen LogP contribution in [0, 0.1) is 0 Å². The van der Waals surface area contributed by atoms with E-state index in [1.807, 2.05) is 0 Å². The zero-order valence-corrected chi connectivity index (χ0v) is 8.85. The lowest BCUT2D eigenvalue weighted by atomic mass is 10.2. The molecule has 0 saturated heterocycles. The van der Waals surface area contributed by atoms with Crippen LogP contribution in [-0.2, 0) is 11.3 Å². The second kappa shape index (κ2) is 5.19. The first-order valence-electron chi connectivity index (χ1n) is 3.77. The van der Waals surface area contributed by atoms with E-state index in [0.29, 0.717) is 6.54 Å². The van der Waals surface area contributed by atoms with Crippen molar-refractivity contribution in [2.45, 2.75) is 12.6 Å². The lowest BCUT2D eigenvalue weighted by molar-refractivity contribution is -0.140. The van der Waals surface area contributed by atoms with Crippen molar-refractivity contribution in [3.05, 3.63) is 18.0 Å². The minimum atomic E-state index is -0.851. The molecule has 80 valence electrons. The first-order chi connectivity index (χ1) is 5.79. The van der Waals surface area contributed by atoms with Crippen molar-refractivity contribution in [1.82, 2.24) is 15.1 Å². The number of aromatic nitrogens is 2. The first kappa shape index (κ1) is 13.2. The number of carboxylic acids is 1. The topological polar surface area (TPSA) is 67.2 Å². The molecule has 7 heteroatoms. The second-order valence-electron chi connectivity index (χ2n) is 2.70. The summed E-state index contributed by atoms with van der Waals surface area (Å²) in [5.74, 6) is -0.851. The van der Waals surface area contributed by atoms with Crippen LogP contribution in [0.15, 0.2) is 12.3 Å². The fourth-order valence-electron chi connectivity index (χ4n) is 1.41. The third kappa shape index (κ3) is 2.17. The lowest BCUT2D eigenvalue weighted by Gasteiger charge is -2.21. The van der Waals surface area contributed by atoms with E-state index in [1.54, 1.807) is 16.9 Å². The van der Waals surface area contributed by atoms with Crippen molar-refractivity contribution in [2.75, 3.05) is 6.54 Å². The molecule has 0 aromatic carbocycles. The number of fused-ring (bicyclic) bond motifs is 1. The van der Waals surface area contributed by atoms with Crippen molar-refractivity contribution in [1.29, 1.82) is 0 Å². The maximum Gasteiger partial charge on any atom is 0.326 e. The normalized spacial score (nSPS) is 18.7. The maximum absolute atomic E-state index is 10.7. The highest BCUT2D eigenvalue weighted by atomic mass is 35.5. The molecule has 0 bridgehead atoms. The molecule has 14 heavy (non-hydrogen) atoms. The van der Waals surface area contributed by atoms with Crippen molar-refractivity contribution in [3.63, 3.8) is 0 Å². The number of carbonyl (C=O) groups is 1. The number of halogens is 2. The van der Waals surface area contributed by atoms with Gasteiger partial charge in [0.2, 0.25) is 0 Å². The number of carboxylic acid groups (broad SMARTS) is 1. The number of hydrogen-bond donors (Lipinski definition) is 2. The zero-order chi connectivity index (χ0) is 8.55. The molecule has 0 amide bonds. The van der Waals surface area contributed by atoms with E-state index >= 15 is 0 Å². The van der Waals surface area contributed by atoms with Crippen molar-refractivity contribution in [3.8, 4) is 0 Å². The van der Waals surface area contributed by atoms with Gasteiger partial charge in [0.1, 0.15) is 6.04 Å². The van der Waals surface area contributed by atoms with Gasteiger partial charge in [-0.3, -0.25) is 14.8 Å². The van der Waals surface area contributed by atoms with Crippen molar-refractivity contribution in [2.24, 2.45) is 0 Å². The predicted octanol–water partition coefficient (Wildman–Crippen LogP) is 0.456. The first-order valence-corrected chi connectivity index (χ1v) is 3.77. The summed E-state index contributed by atoms with van der Waals surface area (Å²) in [6.45, 7) is 1.40. The number of nitrogens with one attached hydrogen (secondary N) is 1. The molecule has 1 aliphatic rings. The molecular weight excluding hydrogens is 229 g/mol. The molecule has 1 unspecified atom stereocenters. The van der Waals surface area contributed by atoms with Gasteiger partial charge in [-0.05, 0) is 6.07 Å². The van der Waals surface area contributed by atoms with Crippen molar-refractivity contribution >= 4 is 30.8 Å². The summed E-state index contributed by atoms with van der Waals surface area (Å²) in [5, 5.41) is 15.7. The Labute approximate surface area is 93.3 Å². The fourth-order valence-corrected chi connectivity index (χ4v) is 1.41. The predicted molar refractivity (Wildman–Crippen MR) is 55.1 cm³/mol. The van der Waals surface area contributed by atoms with Crippen LogP contribution in [0.4, 0.5) is 0 Å². The van der Waals surface area contributed by atoms with Crippen LogP contribution in [0.1, 0.15) is 11.7 Å². The van der Waals surface area contributed by atoms with E-state index in [1.165, 1.54) is 0 Å². The fraction of sp³-hybridized carbons (Fsp3) is 0.429. The molecule has 1 aromatic heterocycles. The summed E-state index contributed by atoms with van der Waals surface area (Å²) in [6.07, 6.45) is 1.62. The maximum atomic E-state index is 10.7. The molecule has 2 rings (SSSR count). The monoisotopic (exact) mass is 239 g/mol. The van der Waals surface area contributed by atoms with Gasteiger partial charge in [0.05, 0.1) is 12.2 Å². The number of hydrogen-bond acceptors (Lipinski definition) is 3. The van der Waals surface area contributed by atoms with Gasteiger partial charge in [0.25, 0.3) is 0 Å². The van der Waals surface area contributed by atoms with Crippen LogP contribution in [0.2, 0.25) is 0 Å². The van der Waals surface area contributed by atoms with E-state index in [4.69, 9.17) is 5.11 Å². The number of nitrogens with zero attached hydrogens (tertiary/aromatic N) is 2. The van der Waals surface area contributed by atoms with Crippen LogP contribution in [-0.4, -0.2) is 27.4 Å². The molecule has 0 spiro atoms. The van der Waals surface area contributed by atoms with Crippen LogP contribution < -0.4 is 5.32 Å². The zero-order valence-electron chi connectivity index (χ0n) is 7.21. The molecule has 0 radical (unpaired) electrons. The third-order valence-electron chi connectivity index (χ3n) is 1.96. The Morgan fingerprint density at radius 3 is 3.00 bits per heavy atom. The van der Waals surface area contributed by atoms with Gasteiger partial charge in [-0.25, -0.2) is 0 Å². The minimum Gasteiger partial charge on any atom is -0.480 e. The minimum absolute atomic E-state index is 0. The average Bonchev–Trinajstić information content (AvgIpc) is 2.49. The number of aliphatic carboxylic acids is 1. The molecule has 0 saturated carbocycles. The molecule has 5 nitrogen and oxygen atoms in total. The largest absolute Gasteiger partial charge is 0.480 e. The second-order valence-corrected chi connectivity index (χ2v) is 2.70. The highest BCUT2D eigenvalue weighted by molar-refractivity contribution is 5.85. The van der Waals surface area contributed by atoms with Gasteiger partial charge < -0.3 is 5.11 Å². The van der Waals surface area contributed by atoms with E-state index in [0.717, 1.165) is 12.2 Å². The molecule has 0 aliphatic carbocycles. The Bertz CT molecular complexity index is 316. The standard InChI is InChI=1S/C7H9N3O2.2ClH/c11-7(12)6-5-1-2-9-10(5)4-3-8-6;;/h1-2,6,8H,3-4H2,(H,11,12);2*1H. The van der Waals surface area contributed by atoms with E-state index in [9.17, 15) is 4.79 Å². The summed E-state index contributed by atoms with van der Waals surface area (Å²) in [4.78, 5) is 10.7. The number of rotatable bonds is 1. The molecule has 2 heterocycles. The Hall–Kier alpha value is -0.780. The summed E-state index contributed by atoms with van der Waals surface area (Å²) in [6, 6.07) is 1.13. The quantitative estimate of drug-likeness (QED) is 0.748. The molecule has 0 fully saturated rings. The Morgan fingerprint density at radius 1 is 1.64 bits per heavy atom. The van der Waals surface area contributed by atoms with E-state index < -0.39 is 12.0 Å². The van der Waals surface area contributed by atoms with Gasteiger partial charge >= 0.3 is 5.97 Å². The van der Waals surface area contributed by atoms with Crippen LogP contribution in [0.5, 0.6) is 0 Å². The average molecular weight is 240 g/mol. The van der Waals surface area contributed by atoms with E-state index in [-0.39, 0.29) is 24.8 Å².